The van der Waals surface area contributed by atoms with Crippen molar-refractivity contribution in [2.75, 3.05) is 39.1 Å². The first kappa shape index (κ1) is 22.7. The molecule has 0 amide bonds. The Morgan fingerprint density at radius 3 is 2.32 bits per heavy atom. The van der Waals surface area contributed by atoms with Crippen molar-refractivity contribution in [2.45, 2.75) is 6.54 Å². The van der Waals surface area contributed by atoms with Gasteiger partial charge in [-0.05, 0) is 42.0 Å². The number of aromatic amines is 1. The largest absolute Gasteiger partial charge is 0.497 e. The second-order valence-corrected chi connectivity index (χ2v) is 7.17. The van der Waals surface area contributed by atoms with Gasteiger partial charge in [0.25, 0.3) is 0 Å². The molecule has 2 aromatic carbocycles. The van der Waals surface area contributed by atoms with E-state index in [0.717, 1.165) is 22.6 Å². The molecule has 0 fully saturated rings. The number of rotatable bonds is 10. The van der Waals surface area contributed by atoms with Crippen molar-refractivity contribution in [2.24, 2.45) is 0 Å². The molecular formula is C24H26N6O4. The van der Waals surface area contributed by atoms with Crippen LogP contribution in [0.3, 0.4) is 0 Å². The van der Waals surface area contributed by atoms with Crippen LogP contribution in [0.2, 0.25) is 0 Å². The van der Waals surface area contributed by atoms with Crippen LogP contribution in [0, 0.1) is 0 Å². The summed E-state index contributed by atoms with van der Waals surface area (Å²) in [7, 11) is 6.45. The number of anilines is 3. The fourth-order valence-corrected chi connectivity index (χ4v) is 3.35. The highest BCUT2D eigenvalue weighted by Gasteiger charge is 2.13. The molecule has 2 heterocycles. The molecule has 4 aromatic rings. The number of H-pyrrole nitrogens is 1. The minimum absolute atomic E-state index is 0.394. The molecule has 0 aliphatic carbocycles. The summed E-state index contributed by atoms with van der Waals surface area (Å²) in [5.41, 5.74) is 2.48. The van der Waals surface area contributed by atoms with Gasteiger partial charge in [0.2, 0.25) is 5.95 Å². The highest BCUT2D eigenvalue weighted by atomic mass is 16.5. The maximum absolute atomic E-state index is 5.43. The summed E-state index contributed by atoms with van der Waals surface area (Å²) >= 11 is 0. The van der Waals surface area contributed by atoms with Crippen molar-refractivity contribution in [3.8, 4) is 34.4 Å². The van der Waals surface area contributed by atoms with Crippen LogP contribution in [-0.4, -0.2) is 48.6 Å². The Morgan fingerprint density at radius 2 is 1.62 bits per heavy atom. The maximum atomic E-state index is 5.43. The first-order chi connectivity index (χ1) is 16.6. The van der Waals surface area contributed by atoms with Gasteiger partial charge in [-0.3, -0.25) is 5.10 Å². The number of methoxy groups -OCH3 is 4. The molecule has 34 heavy (non-hydrogen) atoms. The van der Waals surface area contributed by atoms with E-state index in [1.165, 1.54) is 0 Å². The number of nitrogens with zero attached hydrogens (tertiary/aromatic N) is 3. The summed E-state index contributed by atoms with van der Waals surface area (Å²) in [4.78, 5) is 9.06. The lowest BCUT2D eigenvalue weighted by Crippen LogP contribution is -2.04. The molecule has 2 aromatic heterocycles. The maximum Gasteiger partial charge on any atom is 0.246 e. The molecule has 0 atom stereocenters. The Balaban J connectivity index is 1.53. The molecule has 0 spiro atoms. The third-order valence-corrected chi connectivity index (χ3v) is 5.07. The fraction of sp³-hybridized carbons (Fsp3) is 0.208. The zero-order chi connectivity index (χ0) is 23.9. The lowest BCUT2D eigenvalue weighted by Gasteiger charge is -2.12. The second-order valence-electron chi connectivity index (χ2n) is 7.17. The first-order valence-electron chi connectivity index (χ1n) is 10.5. The lowest BCUT2D eigenvalue weighted by atomic mass is 10.2. The van der Waals surface area contributed by atoms with Crippen molar-refractivity contribution < 1.29 is 18.9 Å². The predicted molar refractivity (Wildman–Crippen MR) is 129 cm³/mol. The van der Waals surface area contributed by atoms with Gasteiger partial charge in [-0.1, -0.05) is 0 Å². The zero-order valence-electron chi connectivity index (χ0n) is 19.4. The molecule has 0 unspecified atom stereocenters. The van der Waals surface area contributed by atoms with Crippen molar-refractivity contribution in [1.82, 2.24) is 20.2 Å². The Morgan fingerprint density at radius 1 is 0.853 bits per heavy atom. The molecule has 4 rings (SSSR count). The van der Waals surface area contributed by atoms with Gasteiger partial charge in [0.15, 0.2) is 5.82 Å². The van der Waals surface area contributed by atoms with E-state index < -0.39 is 0 Å². The number of aromatic nitrogens is 4. The van der Waals surface area contributed by atoms with Gasteiger partial charge in [-0.15, -0.1) is 5.10 Å². The average Bonchev–Trinajstić information content (AvgIpc) is 3.35. The van der Waals surface area contributed by atoms with Gasteiger partial charge < -0.3 is 29.6 Å². The molecule has 176 valence electrons. The molecule has 0 radical (unpaired) electrons. The first-order valence-corrected chi connectivity index (χ1v) is 10.5. The topological polar surface area (TPSA) is 115 Å². The third-order valence-electron chi connectivity index (χ3n) is 5.07. The van der Waals surface area contributed by atoms with Crippen molar-refractivity contribution in [1.29, 1.82) is 0 Å². The number of nitrogens with one attached hydrogen (secondary N) is 3. The average molecular weight is 463 g/mol. The SMILES string of the molecule is COc1cc(CNc2ncccc2-c2nc(Nc3ccc(OC)cc3OC)n[nH]2)cc(OC)c1. The molecule has 0 aliphatic heterocycles. The smallest absolute Gasteiger partial charge is 0.246 e. The molecular weight excluding hydrogens is 436 g/mol. The number of hydrogen-bond acceptors (Lipinski definition) is 9. The predicted octanol–water partition coefficient (Wildman–Crippen LogP) is 4.26. The minimum Gasteiger partial charge on any atom is -0.497 e. The number of hydrogen-bond donors (Lipinski definition) is 3. The highest BCUT2D eigenvalue weighted by molar-refractivity contribution is 5.71. The molecule has 0 saturated heterocycles. The van der Waals surface area contributed by atoms with Gasteiger partial charge in [0.05, 0.1) is 39.7 Å². The zero-order valence-corrected chi connectivity index (χ0v) is 19.4. The van der Waals surface area contributed by atoms with Crippen molar-refractivity contribution in [3.05, 3.63) is 60.3 Å². The Kier molecular flexibility index (Phi) is 6.97. The van der Waals surface area contributed by atoms with Gasteiger partial charge >= 0.3 is 0 Å². The van der Waals surface area contributed by atoms with Gasteiger partial charge in [0.1, 0.15) is 28.8 Å². The van der Waals surface area contributed by atoms with Crippen LogP contribution in [0.4, 0.5) is 17.5 Å². The number of benzene rings is 2. The van der Waals surface area contributed by atoms with E-state index in [0.29, 0.717) is 41.3 Å². The monoisotopic (exact) mass is 462 g/mol. The van der Waals surface area contributed by atoms with Crippen LogP contribution < -0.4 is 29.6 Å². The minimum atomic E-state index is 0.394. The van der Waals surface area contributed by atoms with Crippen LogP contribution in [0.5, 0.6) is 23.0 Å². The summed E-state index contributed by atoms with van der Waals surface area (Å²) in [6.07, 6.45) is 1.72. The summed E-state index contributed by atoms with van der Waals surface area (Å²) in [6, 6.07) is 14.9. The standard InChI is InChI=1S/C24H26N6O4/c1-31-16-7-8-20(21(13-16)34-4)27-24-28-23(29-30-24)19-6-5-9-25-22(19)26-14-15-10-17(32-2)12-18(11-15)33-3/h5-13H,14H2,1-4H3,(H,25,26)(H2,27,28,29,30). The summed E-state index contributed by atoms with van der Waals surface area (Å²) in [5, 5.41) is 13.8. The Labute approximate surface area is 197 Å². The molecule has 0 aliphatic rings. The molecule has 10 heteroatoms. The van der Waals surface area contributed by atoms with Gasteiger partial charge in [-0.25, -0.2) is 4.98 Å². The van der Waals surface area contributed by atoms with E-state index in [1.54, 1.807) is 40.7 Å². The molecule has 3 N–H and O–H groups in total. The fourth-order valence-electron chi connectivity index (χ4n) is 3.35. The van der Waals surface area contributed by atoms with E-state index in [1.807, 2.05) is 42.5 Å². The Hall–Kier alpha value is -4.47. The second kappa shape index (κ2) is 10.4. The summed E-state index contributed by atoms with van der Waals surface area (Å²) in [5.74, 6) is 4.36. The molecule has 0 bridgehead atoms. The highest BCUT2D eigenvalue weighted by Crippen LogP contribution is 2.31. The van der Waals surface area contributed by atoms with Crippen LogP contribution in [0.1, 0.15) is 5.56 Å². The molecule has 0 saturated carbocycles. The third kappa shape index (κ3) is 5.12. The van der Waals surface area contributed by atoms with Gasteiger partial charge in [-0.2, -0.15) is 4.98 Å². The van der Waals surface area contributed by atoms with E-state index in [2.05, 4.69) is 30.8 Å². The van der Waals surface area contributed by atoms with E-state index in [-0.39, 0.29) is 0 Å². The summed E-state index contributed by atoms with van der Waals surface area (Å²) < 4.78 is 21.4. The quantitative estimate of drug-likeness (QED) is 0.318. The van der Waals surface area contributed by atoms with Crippen LogP contribution in [0.25, 0.3) is 11.4 Å². The van der Waals surface area contributed by atoms with Gasteiger partial charge in [0, 0.05) is 24.9 Å². The normalized spacial score (nSPS) is 10.5. The molecule has 10 nitrogen and oxygen atoms in total. The Bertz CT molecular complexity index is 1240. The number of ether oxygens (including phenoxy) is 4. The van der Waals surface area contributed by atoms with E-state index in [4.69, 9.17) is 18.9 Å². The lowest BCUT2D eigenvalue weighted by molar-refractivity contribution is 0.393. The summed E-state index contributed by atoms with van der Waals surface area (Å²) in [6.45, 7) is 0.514. The van der Waals surface area contributed by atoms with Crippen LogP contribution in [0.15, 0.2) is 54.7 Å². The van der Waals surface area contributed by atoms with Crippen molar-refractivity contribution >= 4 is 17.5 Å². The number of pyridine rings is 1. The van der Waals surface area contributed by atoms with Crippen LogP contribution >= 0.6 is 0 Å². The van der Waals surface area contributed by atoms with Crippen LogP contribution in [-0.2, 0) is 6.54 Å². The van der Waals surface area contributed by atoms with E-state index >= 15 is 0 Å². The van der Waals surface area contributed by atoms with E-state index in [9.17, 15) is 0 Å². The van der Waals surface area contributed by atoms with Crippen molar-refractivity contribution in [3.63, 3.8) is 0 Å².